The molecule has 1 nitrogen and oxygen atoms in total. The van der Waals surface area contributed by atoms with Crippen LogP contribution in [0, 0.1) is 13.8 Å². The Balaban J connectivity index is 2.82. The molecule has 3 heteroatoms. The lowest BCUT2D eigenvalue weighted by Crippen LogP contribution is -1.86. The number of fused-ring (bicyclic) bond motifs is 1. The predicted octanol–water partition coefficient (Wildman–Crippen LogP) is 2.58. The van der Waals surface area contributed by atoms with Crippen LogP contribution in [-0.4, -0.2) is 12.2 Å². The number of aryl methyl sites for hydroxylation is 2. The fourth-order valence-corrected chi connectivity index (χ4v) is 2.64. The van der Waals surface area contributed by atoms with E-state index in [0.717, 1.165) is 5.69 Å². The molecule has 0 amide bonds. The molecule has 0 aliphatic rings. The second kappa shape index (κ2) is 3.15. The van der Waals surface area contributed by atoms with Crippen LogP contribution in [0.1, 0.15) is 16.8 Å². The molecule has 2 aromatic rings. The van der Waals surface area contributed by atoms with Crippen LogP contribution in [0.15, 0.2) is 12.1 Å². The molecular formula is C10H10BNS. The number of benzene rings is 1. The molecule has 13 heavy (non-hydrogen) atoms. The summed E-state index contributed by atoms with van der Waals surface area (Å²) in [5.74, 6) is 0. The third-order valence-corrected chi connectivity index (χ3v) is 3.01. The maximum atomic E-state index is 5.61. The highest BCUT2D eigenvalue weighted by atomic mass is 32.1. The van der Waals surface area contributed by atoms with Crippen LogP contribution in [0.2, 0.25) is 0 Å². The highest BCUT2D eigenvalue weighted by Gasteiger charge is 2.06. The fraction of sp³-hybridized carbons (Fsp3) is 0.300. The van der Waals surface area contributed by atoms with E-state index in [0.29, 0.717) is 6.32 Å². The summed E-state index contributed by atoms with van der Waals surface area (Å²) in [5.41, 5.74) is 3.60. The molecule has 0 saturated carbocycles. The van der Waals surface area contributed by atoms with Crippen LogP contribution in [-0.2, 0) is 6.32 Å². The maximum absolute atomic E-state index is 5.61. The Kier molecular flexibility index (Phi) is 2.12. The zero-order valence-electron chi connectivity index (χ0n) is 7.79. The zero-order chi connectivity index (χ0) is 9.42. The van der Waals surface area contributed by atoms with E-state index < -0.39 is 0 Å². The van der Waals surface area contributed by atoms with E-state index in [1.54, 1.807) is 0 Å². The van der Waals surface area contributed by atoms with E-state index in [4.69, 9.17) is 7.85 Å². The van der Waals surface area contributed by atoms with Crippen molar-refractivity contribution in [2.24, 2.45) is 0 Å². The number of aromatic nitrogens is 1. The summed E-state index contributed by atoms with van der Waals surface area (Å²) < 4.78 is 5.58. The lowest BCUT2D eigenvalue weighted by molar-refractivity contribution is 1.30. The molecule has 0 N–H and O–H groups in total. The molecule has 0 bridgehead atoms. The molecule has 64 valence electrons. The predicted molar refractivity (Wildman–Crippen MR) is 58.6 cm³/mol. The standard InChI is InChI=1S/C10H10BNS/c1-6-3-7(2)10-8(5-11)12-13-9(10)4-6/h3-4H,5H2,1-2H3. The Labute approximate surface area is 83.4 Å². The number of nitrogens with zero attached hydrogens (tertiary/aromatic N) is 1. The van der Waals surface area contributed by atoms with Crippen molar-refractivity contribution in [1.82, 2.24) is 4.37 Å². The minimum absolute atomic E-state index is 0.532. The van der Waals surface area contributed by atoms with Crippen molar-refractivity contribution in [2.75, 3.05) is 0 Å². The number of rotatable bonds is 1. The first-order valence-electron chi connectivity index (χ1n) is 4.28. The topological polar surface area (TPSA) is 12.9 Å². The molecule has 0 fully saturated rings. The minimum atomic E-state index is 0.532. The molecule has 1 aromatic carbocycles. The number of hydrogen-bond donors (Lipinski definition) is 0. The van der Waals surface area contributed by atoms with E-state index in [-0.39, 0.29) is 0 Å². The monoisotopic (exact) mass is 187 g/mol. The van der Waals surface area contributed by atoms with Gasteiger partial charge in [0.2, 0.25) is 0 Å². The van der Waals surface area contributed by atoms with Gasteiger partial charge in [0.05, 0.1) is 18.2 Å². The van der Waals surface area contributed by atoms with Crippen LogP contribution in [0.3, 0.4) is 0 Å². The summed E-state index contributed by atoms with van der Waals surface area (Å²) in [6.45, 7) is 4.22. The first-order valence-corrected chi connectivity index (χ1v) is 5.05. The van der Waals surface area contributed by atoms with Crippen molar-refractivity contribution < 1.29 is 0 Å². The van der Waals surface area contributed by atoms with Crippen molar-refractivity contribution in [3.05, 3.63) is 29.0 Å². The zero-order valence-corrected chi connectivity index (χ0v) is 8.61. The van der Waals surface area contributed by atoms with Crippen LogP contribution >= 0.6 is 11.5 Å². The Morgan fingerprint density at radius 3 is 2.85 bits per heavy atom. The average Bonchev–Trinajstić information content (AvgIpc) is 2.47. The van der Waals surface area contributed by atoms with Crippen molar-refractivity contribution in [3.8, 4) is 0 Å². The lowest BCUT2D eigenvalue weighted by Gasteiger charge is -1.99. The van der Waals surface area contributed by atoms with Crippen molar-refractivity contribution in [1.29, 1.82) is 0 Å². The molecule has 1 aromatic heterocycles. The first kappa shape index (κ1) is 8.76. The van der Waals surface area contributed by atoms with Gasteiger partial charge < -0.3 is 0 Å². The first-order chi connectivity index (χ1) is 6.22. The molecule has 0 spiro atoms. The quantitative estimate of drug-likeness (QED) is 0.625. The average molecular weight is 187 g/mol. The maximum Gasteiger partial charge on any atom is 0.0738 e. The molecule has 0 saturated heterocycles. The van der Waals surface area contributed by atoms with Gasteiger partial charge in [-0.25, -0.2) is 0 Å². The highest BCUT2D eigenvalue weighted by molar-refractivity contribution is 7.13. The van der Waals surface area contributed by atoms with Crippen LogP contribution in [0.4, 0.5) is 0 Å². The third-order valence-electron chi connectivity index (χ3n) is 2.18. The van der Waals surface area contributed by atoms with Crippen molar-refractivity contribution >= 4 is 29.5 Å². The Hall–Kier alpha value is -0.825. The summed E-state index contributed by atoms with van der Waals surface area (Å²) in [4.78, 5) is 0. The SMILES string of the molecule is [B]Cc1nsc2cc(C)cc(C)c12. The van der Waals surface area contributed by atoms with Gasteiger partial charge in [-0.05, 0) is 48.9 Å². The van der Waals surface area contributed by atoms with E-state index in [9.17, 15) is 0 Å². The molecule has 0 unspecified atom stereocenters. The Morgan fingerprint density at radius 2 is 2.15 bits per heavy atom. The highest BCUT2D eigenvalue weighted by Crippen LogP contribution is 2.27. The fourth-order valence-electron chi connectivity index (χ4n) is 1.66. The van der Waals surface area contributed by atoms with Gasteiger partial charge in [-0.3, -0.25) is 0 Å². The normalized spacial score (nSPS) is 10.9. The lowest BCUT2D eigenvalue weighted by atomic mass is 9.97. The van der Waals surface area contributed by atoms with Crippen LogP contribution < -0.4 is 0 Å². The summed E-state index contributed by atoms with van der Waals surface area (Å²) in [6, 6.07) is 4.34. The van der Waals surface area contributed by atoms with Gasteiger partial charge in [0.15, 0.2) is 0 Å². The summed E-state index contributed by atoms with van der Waals surface area (Å²) >= 11 is 1.54. The summed E-state index contributed by atoms with van der Waals surface area (Å²) in [7, 11) is 5.61. The Morgan fingerprint density at radius 1 is 1.38 bits per heavy atom. The van der Waals surface area contributed by atoms with E-state index >= 15 is 0 Å². The molecular weight excluding hydrogens is 177 g/mol. The second-order valence-corrected chi connectivity index (χ2v) is 4.09. The second-order valence-electron chi connectivity index (χ2n) is 3.29. The molecule has 0 atom stereocenters. The van der Waals surface area contributed by atoms with Crippen LogP contribution in [0.5, 0.6) is 0 Å². The molecule has 0 aliphatic carbocycles. The van der Waals surface area contributed by atoms with Crippen molar-refractivity contribution in [2.45, 2.75) is 20.2 Å². The third kappa shape index (κ3) is 1.37. The minimum Gasteiger partial charge on any atom is -0.197 e. The molecule has 2 rings (SSSR count). The molecule has 2 radical (unpaired) electrons. The van der Waals surface area contributed by atoms with Gasteiger partial charge in [0, 0.05) is 5.39 Å². The molecule has 1 heterocycles. The van der Waals surface area contributed by atoms with Gasteiger partial charge in [-0.2, -0.15) is 4.37 Å². The smallest absolute Gasteiger partial charge is 0.0738 e. The summed E-state index contributed by atoms with van der Waals surface area (Å²) in [6.07, 6.45) is 0.532. The van der Waals surface area contributed by atoms with E-state index in [1.165, 1.54) is 32.7 Å². The van der Waals surface area contributed by atoms with Crippen molar-refractivity contribution in [3.63, 3.8) is 0 Å². The van der Waals surface area contributed by atoms with Gasteiger partial charge in [-0.15, -0.1) is 0 Å². The van der Waals surface area contributed by atoms with Gasteiger partial charge in [-0.1, -0.05) is 6.07 Å². The van der Waals surface area contributed by atoms with E-state index in [1.807, 2.05) is 0 Å². The van der Waals surface area contributed by atoms with Gasteiger partial charge >= 0.3 is 0 Å². The van der Waals surface area contributed by atoms with Gasteiger partial charge in [0.25, 0.3) is 0 Å². The van der Waals surface area contributed by atoms with Crippen LogP contribution in [0.25, 0.3) is 10.1 Å². The largest absolute Gasteiger partial charge is 0.197 e. The summed E-state index contributed by atoms with van der Waals surface area (Å²) in [5, 5.41) is 1.25. The van der Waals surface area contributed by atoms with Gasteiger partial charge in [0.1, 0.15) is 0 Å². The Bertz CT molecular complexity index is 447. The number of hydrogen-bond acceptors (Lipinski definition) is 2. The molecule has 0 aliphatic heterocycles. The van der Waals surface area contributed by atoms with E-state index in [2.05, 4.69) is 30.4 Å².